The molecule has 1 fully saturated rings. The predicted octanol–water partition coefficient (Wildman–Crippen LogP) is 4.24. The first-order valence-electron chi connectivity index (χ1n) is 8.29. The monoisotopic (exact) mass is 273 g/mol. The molecule has 3 rings (SSSR count). The van der Waals surface area contributed by atoms with Crippen molar-refractivity contribution in [2.24, 2.45) is 5.92 Å². The van der Waals surface area contributed by atoms with Crippen LogP contribution in [0, 0.1) is 5.92 Å². The normalized spacial score (nSPS) is 21.1. The van der Waals surface area contributed by atoms with Crippen molar-refractivity contribution < 1.29 is 4.74 Å². The van der Waals surface area contributed by atoms with Crippen LogP contribution in [0.25, 0.3) is 0 Å². The Morgan fingerprint density at radius 2 is 2.00 bits per heavy atom. The highest BCUT2D eigenvalue weighted by molar-refractivity contribution is 5.40. The Morgan fingerprint density at radius 3 is 2.75 bits per heavy atom. The smallest absolute Gasteiger partial charge is 0.122 e. The molecule has 0 saturated heterocycles. The molecule has 1 aliphatic carbocycles. The molecule has 0 radical (unpaired) electrons. The van der Waals surface area contributed by atoms with E-state index in [9.17, 15) is 0 Å². The van der Waals surface area contributed by atoms with Gasteiger partial charge in [-0.1, -0.05) is 50.7 Å². The van der Waals surface area contributed by atoms with Gasteiger partial charge < -0.3 is 10.1 Å². The minimum absolute atomic E-state index is 0.504. The molecular formula is C18H27NO. The lowest BCUT2D eigenvalue weighted by atomic mass is 9.89. The molecule has 1 N–H and O–H groups in total. The number of hydrogen-bond acceptors (Lipinski definition) is 2. The fraction of sp³-hybridized carbons (Fsp3) is 0.667. The van der Waals surface area contributed by atoms with Crippen LogP contribution in [-0.4, -0.2) is 13.7 Å². The molecule has 20 heavy (non-hydrogen) atoms. The molecule has 1 aromatic carbocycles. The van der Waals surface area contributed by atoms with Gasteiger partial charge in [0.15, 0.2) is 0 Å². The van der Waals surface area contributed by atoms with Gasteiger partial charge in [0.25, 0.3) is 0 Å². The van der Waals surface area contributed by atoms with E-state index in [0.29, 0.717) is 6.04 Å². The first-order chi connectivity index (χ1) is 9.86. The molecule has 0 bridgehead atoms. The van der Waals surface area contributed by atoms with Gasteiger partial charge in [0.05, 0.1) is 6.61 Å². The van der Waals surface area contributed by atoms with Crippen LogP contribution >= 0.6 is 0 Å². The zero-order valence-corrected chi connectivity index (χ0v) is 12.7. The maximum atomic E-state index is 5.61. The summed E-state index contributed by atoms with van der Waals surface area (Å²) in [4.78, 5) is 0. The second-order valence-corrected chi connectivity index (χ2v) is 6.40. The Bertz CT molecular complexity index is 435. The van der Waals surface area contributed by atoms with E-state index in [1.54, 1.807) is 0 Å². The van der Waals surface area contributed by atoms with Crippen molar-refractivity contribution in [3.63, 3.8) is 0 Å². The van der Waals surface area contributed by atoms with Gasteiger partial charge in [-0.2, -0.15) is 0 Å². The van der Waals surface area contributed by atoms with Crippen LogP contribution < -0.4 is 10.1 Å². The molecule has 1 heterocycles. The van der Waals surface area contributed by atoms with Gasteiger partial charge in [-0.25, -0.2) is 0 Å². The molecule has 1 aliphatic heterocycles. The molecule has 1 atom stereocenters. The Hall–Kier alpha value is -1.02. The van der Waals surface area contributed by atoms with E-state index in [-0.39, 0.29) is 0 Å². The van der Waals surface area contributed by atoms with Crippen molar-refractivity contribution in [2.45, 2.75) is 57.4 Å². The standard InChI is InChI=1S/C18H27NO/c1-19-17(12-14-6-4-2-3-5-7-14)15-8-9-18-16(13-15)10-11-20-18/h8-9,13-14,17,19H,2-7,10-12H2,1H3. The third-order valence-electron chi connectivity index (χ3n) is 5.01. The lowest BCUT2D eigenvalue weighted by Gasteiger charge is -2.23. The highest BCUT2D eigenvalue weighted by Gasteiger charge is 2.20. The lowest BCUT2D eigenvalue weighted by molar-refractivity contribution is 0.356. The number of fused-ring (bicyclic) bond motifs is 1. The summed E-state index contributed by atoms with van der Waals surface area (Å²) in [5.41, 5.74) is 2.84. The molecule has 2 aliphatic rings. The Labute approximate surface area is 122 Å². The van der Waals surface area contributed by atoms with Gasteiger partial charge in [0.2, 0.25) is 0 Å². The summed E-state index contributed by atoms with van der Waals surface area (Å²) in [7, 11) is 2.10. The van der Waals surface area contributed by atoms with Crippen molar-refractivity contribution in [1.82, 2.24) is 5.32 Å². The van der Waals surface area contributed by atoms with Gasteiger partial charge in [-0.3, -0.25) is 0 Å². The SMILES string of the molecule is CNC(CC1CCCCCC1)c1ccc2c(c1)CCO2. The first kappa shape index (κ1) is 13.9. The second-order valence-electron chi connectivity index (χ2n) is 6.40. The van der Waals surface area contributed by atoms with E-state index in [1.165, 1.54) is 56.1 Å². The average Bonchev–Trinajstić information content (AvgIpc) is 2.79. The molecule has 110 valence electrons. The molecule has 1 aromatic rings. The highest BCUT2D eigenvalue weighted by atomic mass is 16.5. The van der Waals surface area contributed by atoms with Crippen molar-refractivity contribution in [3.8, 4) is 5.75 Å². The maximum absolute atomic E-state index is 5.61. The van der Waals surface area contributed by atoms with Gasteiger partial charge in [0.1, 0.15) is 5.75 Å². The molecule has 1 unspecified atom stereocenters. The first-order valence-corrected chi connectivity index (χ1v) is 8.29. The molecule has 0 aromatic heterocycles. The minimum atomic E-state index is 0.504. The summed E-state index contributed by atoms with van der Waals surface area (Å²) in [6, 6.07) is 7.28. The third kappa shape index (κ3) is 3.17. The van der Waals surface area contributed by atoms with Crippen LogP contribution in [0.3, 0.4) is 0 Å². The number of hydrogen-bond donors (Lipinski definition) is 1. The van der Waals surface area contributed by atoms with Crippen molar-refractivity contribution >= 4 is 0 Å². The van der Waals surface area contributed by atoms with E-state index in [4.69, 9.17) is 4.74 Å². The highest BCUT2D eigenvalue weighted by Crippen LogP contribution is 2.33. The summed E-state index contributed by atoms with van der Waals surface area (Å²) >= 11 is 0. The van der Waals surface area contributed by atoms with Crippen LogP contribution in [0.15, 0.2) is 18.2 Å². The maximum Gasteiger partial charge on any atom is 0.122 e. The van der Waals surface area contributed by atoms with Crippen LogP contribution in [-0.2, 0) is 6.42 Å². The van der Waals surface area contributed by atoms with Crippen molar-refractivity contribution in [3.05, 3.63) is 29.3 Å². The van der Waals surface area contributed by atoms with Crippen LogP contribution in [0.2, 0.25) is 0 Å². The van der Waals surface area contributed by atoms with Gasteiger partial charge >= 0.3 is 0 Å². The van der Waals surface area contributed by atoms with E-state index in [0.717, 1.165) is 24.7 Å². The van der Waals surface area contributed by atoms with E-state index >= 15 is 0 Å². The average molecular weight is 273 g/mol. The molecule has 0 spiro atoms. The quantitative estimate of drug-likeness (QED) is 0.828. The Kier molecular flexibility index (Phi) is 4.62. The van der Waals surface area contributed by atoms with Crippen molar-refractivity contribution in [2.75, 3.05) is 13.7 Å². The summed E-state index contributed by atoms with van der Waals surface area (Å²) < 4.78 is 5.61. The van der Waals surface area contributed by atoms with E-state index < -0.39 is 0 Å². The van der Waals surface area contributed by atoms with Crippen LogP contribution in [0.5, 0.6) is 5.75 Å². The molecule has 2 nitrogen and oxygen atoms in total. The molecule has 2 heteroatoms. The second kappa shape index (κ2) is 6.62. The summed E-state index contributed by atoms with van der Waals surface area (Å²) in [6.45, 7) is 0.853. The zero-order chi connectivity index (χ0) is 13.8. The lowest BCUT2D eigenvalue weighted by Crippen LogP contribution is -2.20. The van der Waals surface area contributed by atoms with Gasteiger partial charge in [0, 0.05) is 12.5 Å². The third-order valence-corrected chi connectivity index (χ3v) is 5.01. The summed E-state index contributed by atoms with van der Waals surface area (Å²) in [5.74, 6) is 2.00. The fourth-order valence-corrected chi connectivity index (χ4v) is 3.78. The molecular weight excluding hydrogens is 246 g/mol. The predicted molar refractivity (Wildman–Crippen MR) is 83.3 cm³/mol. The van der Waals surface area contributed by atoms with Gasteiger partial charge in [-0.05, 0) is 36.6 Å². The van der Waals surface area contributed by atoms with Gasteiger partial charge in [-0.15, -0.1) is 0 Å². The van der Waals surface area contributed by atoms with Crippen LogP contribution in [0.1, 0.15) is 62.1 Å². The molecule has 1 saturated carbocycles. The largest absolute Gasteiger partial charge is 0.493 e. The number of nitrogens with one attached hydrogen (secondary N) is 1. The van der Waals surface area contributed by atoms with E-state index in [1.807, 2.05) is 0 Å². The molecule has 0 amide bonds. The van der Waals surface area contributed by atoms with E-state index in [2.05, 4.69) is 30.6 Å². The topological polar surface area (TPSA) is 21.3 Å². The summed E-state index contributed by atoms with van der Waals surface area (Å²) in [6.07, 6.45) is 10.9. The minimum Gasteiger partial charge on any atom is -0.493 e. The number of rotatable bonds is 4. The Balaban J connectivity index is 1.69. The number of ether oxygens (including phenoxy) is 1. The fourth-order valence-electron chi connectivity index (χ4n) is 3.78. The van der Waals surface area contributed by atoms with Crippen molar-refractivity contribution in [1.29, 1.82) is 0 Å². The number of benzene rings is 1. The zero-order valence-electron chi connectivity index (χ0n) is 12.7. The van der Waals surface area contributed by atoms with Crippen LogP contribution in [0.4, 0.5) is 0 Å². The Morgan fingerprint density at radius 1 is 1.20 bits per heavy atom. The summed E-state index contributed by atoms with van der Waals surface area (Å²) in [5, 5.41) is 3.54.